The first kappa shape index (κ1) is 4.78. The molecule has 0 heterocycles. The van der Waals surface area contributed by atoms with Crippen molar-refractivity contribution in [3.63, 3.8) is 0 Å². The summed E-state index contributed by atoms with van der Waals surface area (Å²) >= 11 is 0. The zero-order valence-corrected chi connectivity index (χ0v) is 4.91. The molecule has 0 N–H and O–H groups in total. The van der Waals surface area contributed by atoms with E-state index in [-0.39, 0.29) is 9.52 Å². The van der Waals surface area contributed by atoms with E-state index in [2.05, 4.69) is 12.5 Å². The Balaban J connectivity index is 2.48. The van der Waals surface area contributed by atoms with Crippen molar-refractivity contribution in [2.24, 2.45) is 0 Å². The van der Waals surface area contributed by atoms with Crippen LogP contribution in [0.1, 0.15) is 0 Å². The van der Waals surface area contributed by atoms with Crippen LogP contribution in [0, 0.1) is 12.3 Å². The van der Waals surface area contributed by atoms with Gasteiger partial charge in [0.25, 0.3) is 0 Å². The summed E-state index contributed by atoms with van der Waals surface area (Å²) in [4.78, 5) is 0. The van der Waals surface area contributed by atoms with Crippen LogP contribution in [0.3, 0.4) is 0 Å². The molecular formula is C4H8Si. The second-order valence-electron chi connectivity index (χ2n) is 0.954. The summed E-state index contributed by atoms with van der Waals surface area (Å²) in [6.45, 7) is 2.21. The van der Waals surface area contributed by atoms with Crippen LogP contribution in [0.25, 0.3) is 0 Å². The second-order valence-corrected chi connectivity index (χ2v) is 2.45. The summed E-state index contributed by atoms with van der Waals surface area (Å²) in [5, 5.41) is 0. The molecular weight excluding hydrogens is 76.1 g/mol. The van der Waals surface area contributed by atoms with Crippen LogP contribution in [0.15, 0.2) is 0 Å². The van der Waals surface area contributed by atoms with Crippen molar-refractivity contribution >= 4 is 9.52 Å². The van der Waals surface area contributed by atoms with Gasteiger partial charge in [0.15, 0.2) is 0 Å². The second kappa shape index (κ2) is 3.78. The quantitative estimate of drug-likeness (QED) is 0.316. The maximum Gasteiger partial charge on any atom is 0.0312 e. The van der Waals surface area contributed by atoms with Crippen molar-refractivity contribution in [3.05, 3.63) is 0 Å². The van der Waals surface area contributed by atoms with Crippen LogP contribution in [-0.2, 0) is 0 Å². The SMILES string of the molecule is C#CC[SiH2]C. The lowest BCUT2D eigenvalue weighted by Gasteiger charge is -1.67. The van der Waals surface area contributed by atoms with Gasteiger partial charge in [-0.05, 0) is 6.04 Å². The molecule has 1 heteroatoms. The van der Waals surface area contributed by atoms with Gasteiger partial charge in [-0.25, -0.2) is 0 Å². The Labute approximate surface area is 35.4 Å². The third kappa shape index (κ3) is 3.78. The van der Waals surface area contributed by atoms with Gasteiger partial charge in [-0.3, -0.25) is 0 Å². The van der Waals surface area contributed by atoms with Crippen molar-refractivity contribution < 1.29 is 0 Å². The minimum atomic E-state index is 0.178. The summed E-state index contributed by atoms with van der Waals surface area (Å²) < 4.78 is 0. The van der Waals surface area contributed by atoms with Gasteiger partial charge in [-0.15, -0.1) is 12.3 Å². The molecule has 0 radical (unpaired) electrons. The van der Waals surface area contributed by atoms with E-state index in [1.54, 1.807) is 0 Å². The fourth-order valence-electron chi connectivity index (χ4n) is 0.144. The lowest BCUT2D eigenvalue weighted by atomic mass is 10.8. The Morgan fingerprint density at radius 1 is 2.00 bits per heavy atom. The number of rotatable bonds is 1. The number of terminal acetylenes is 1. The van der Waals surface area contributed by atoms with E-state index in [0.29, 0.717) is 0 Å². The molecule has 0 rings (SSSR count). The molecule has 0 spiro atoms. The molecule has 5 heavy (non-hydrogen) atoms. The molecule has 0 aliphatic rings. The van der Waals surface area contributed by atoms with Crippen molar-refractivity contribution in [1.29, 1.82) is 0 Å². The zero-order chi connectivity index (χ0) is 4.12. The molecule has 0 saturated heterocycles. The Morgan fingerprint density at radius 2 is 2.60 bits per heavy atom. The smallest absolute Gasteiger partial charge is 0.0312 e. The highest BCUT2D eigenvalue weighted by Crippen LogP contribution is 1.65. The van der Waals surface area contributed by atoms with Gasteiger partial charge in [-0.1, -0.05) is 6.55 Å². The van der Waals surface area contributed by atoms with Crippen LogP contribution < -0.4 is 0 Å². The molecule has 0 aromatic rings. The van der Waals surface area contributed by atoms with Crippen molar-refractivity contribution in [2.45, 2.75) is 12.6 Å². The maximum absolute atomic E-state index is 4.92. The van der Waals surface area contributed by atoms with Gasteiger partial charge in [0.2, 0.25) is 0 Å². The van der Waals surface area contributed by atoms with Crippen LogP contribution in [0.5, 0.6) is 0 Å². The van der Waals surface area contributed by atoms with Crippen LogP contribution in [-0.4, -0.2) is 9.52 Å². The van der Waals surface area contributed by atoms with Crippen molar-refractivity contribution in [2.75, 3.05) is 0 Å². The van der Waals surface area contributed by atoms with E-state index in [1.165, 1.54) is 0 Å². The third-order valence-electron chi connectivity index (χ3n) is 0.394. The van der Waals surface area contributed by atoms with Gasteiger partial charge >= 0.3 is 0 Å². The average molecular weight is 84.2 g/mol. The molecule has 0 nitrogen and oxygen atoms in total. The molecule has 0 aromatic carbocycles. The highest BCUT2D eigenvalue weighted by atomic mass is 28.2. The predicted molar refractivity (Wildman–Crippen MR) is 28.0 cm³/mol. The largest absolute Gasteiger partial charge is 0.120 e. The predicted octanol–water partition coefficient (Wildman–Crippen LogP) is 0.255. The fraction of sp³-hybridized carbons (Fsp3) is 0.500. The highest BCUT2D eigenvalue weighted by molar-refractivity contribution is 6.34. The van der Waals surface area contributed by atoms with Gasteiger partial charge < -0.3 is 0 Å². The van der Waals surface area contributed by atoms with E-state index in [0.717, 1.165) is 6.04 Å². The molecule has 0 aliphatic heterocycles. The summed E-state index contributed by atoms with van der Waals surface area (Å²) in [5.41, 5.74) is 0. The summed E-state index contributed by atoms with van der Waals surface area (Å²) in [7, 11) is 0.178. The molecule has 0 saturated carbocycles. The number of hydrogen-bond acceptors (Lipinski definition) is 0. The Hall–Kier alpha value is -0.223. The zero-order valence-electron chi connectivity index (χ0n) is 3.49. The Kier molecular flexibility index (Phi) is 3.61. The molecule has 0 atom stereocenters. The molecule has 0 bridgehead atoms. The topological polar surface area (TPSA) is 0 Å². The van der Waals surface area contributed by atoms with E-state index in [4.69, 9.17) is 6.42 Å². The molecule has 0 aliphatic carbocycles. The highest BCUT2D eigenvalue weighted by Gasteiger charge is 1.63. The molecule has 0 aromatic heterocycles. The molecule has 28 valence electrons. The number of hydrogen-bond donors (Lipinski definition) is 0. The van der Waals surface area contributed by atoms with Crippen LogP contribution >= 0.6 is 0 Å². The molecule has 0 amide bonds. The minimum absolute atomic E-state index is 0.178. The first-order valence-electron chi connectivity index (χ1n) is 1.85. The van der Waals surface area contributed by atoms with Crippen LogP contribution in [0.4, 0.5) is 0 Å². The van der Waals surface area contributed by atoms with E-state index >= 15 is 0 Å². The monoisotopic (exact) mass is 84.0 g/mol. The van der Waals surface area contributed by atoms with E-state index in [1.807, 2.05) is 0 Å². The summed E-state index contributed by atoms with van der Waals surface area (Å²) in [6, 6.07) is 1.06. The van der Waals surface area contributed by atoms with Gasteiger partial charge in [-0.2, -0.15) is 0 Å². The summed E-state index contributed by atoms with van der Waals surface area (Å²) in [5.74, 6) is 2.58. The summed E-state index contributed by atoms with van der Waals surface area (Å²) in [6.07, 6.45) is 4.92. The maximum atomic E-state index is 4.92. The van der Waals surface area contributed by atoms with Crippen LogP contribution in [0.2, 0.25) is 12.6 Å². The Morgan fingerprint density at radius 3 is 2.60 bits per heavy atom. The lowest BCUT2D eigenvalue weighted by Crippen LogP contribution is -1.70. The van der Waals surface area contributed by atoms with Crippen molar-refractivity contribution in [1.82, 2.24) is 0 Å². The average Bonchev–Trinajstić information content (AvgIpc) is 1.41. The van der Waals surface area contributed by atoms with Crippen molar-refractivity contribution in [3.8, 4) is 12.3 Å². The standard InChI is InChI=1S/C4H8Si/c1-3-4-5-2/h1H,4-5H2,2H3. The lowest BCUT2D eigenvalue weighted by molar-refractivity contribution is 1.81. The third-order valence-corrected chi connectivity index (χ3v) is 1.18. The van der Waals surface area contributed by atoms with E-state index in [9.17, 15) is 0 Å². The van der Waals surface area contributed by atoms with E-state index < -0.39 is 0 Å². The fourth-order valence-corrected chi connectivity index (χ4v) is 0.433. The van der Waals surface area contributed by atoms with Gasteiger partial charge in [0.05, 0.1) is 0 Å². The van der Waals surface area contributed by atoms with Gasteiger partial charge in [0.1, 0.15) is 0 Å². The molecule has 0 unspecified atom stereocenters. The first-order valence-corrected chi connectivity index (χ1v) is 4.26. The van der Waals surface area contributed by atoms with Gasteiger partial charge in [0, 0.05) is 9.52 Å². The molecule has 0 fully saturated rings. The normalized spacial score (nSPS) is 8.80. The Bertz CT molecular complexity index is 42.1. The first-order chi connectivity index (χ1) is 2.41. The minimum Gasteiger partial charge on any atom is -0.120 e.